The summed E-state index contributed by atoms with van der Waals surface area (Å²) in [5, 5.41) is 13.4. The normalized spacial score (nSPS) is 28.0. The van der Waals surface area contributed by atoms with Crippen LogP contribution in [-0.2, 0) is 11.2 Å². The van der Waals surface area contributed by atoms with Crippen molar-refractivity contribution in [2.45, 2.75) is 31.7 Å². The third-order valence-electron chi connectivity index (χ3n) is 6.34. The van der Waals surface area contributed by atoms with Crippen LogP contribution in [0.2, 0.25) is 0 Å². The molecule has 128 valence electrons. The van der Waals surface area contributed by atoms with Crippen LogP contribution in [0.3, 0.4) is 0 Å². The molecule has 0 bridgehead atoms. The van der Waals surface area contributed by atoms with E-state index >= 15 is 0 Å². The van der Waals surface area contributed by atoms with Gasteiger partial charge in [-0.25, -0.2) is 0 Å². The Balaban J connectivity index is 1.64. The molecule has 2 saturated carbocycles. The first-order valence-corrected chi connectivity index (χ1v) is 9.24. The quantitative estimate of drug-likeness (QED) is 0.922. The molecule has 2 aromatic carbocycles. The minimum Gasteiger partial charge on any atom is -0.344 e. The maximum Gasteiger partial charge on any atom is 0.252 e. The van der Waals surface area contributed by atoms with Crippen LogP contribution in [0.25, 0.3) is 5.57 Å². The minimum absolute atomic E-state index is 0.0186. The molecular weight excluding hydrogens is 320 g/mol. The summed E-state index contributed by atoms with van der Waals surface area (Å²) < 4.78 is 0. The number of fused-ring (bicyclic) bond motifs is 2. The van der Waals surface area contributed by atoms with Crippen molar-refractivity contribution in [2.75, 3.05) is 0 Å². The molecule has 2 aliphatic carbocycles. The summed E-state index contributed by atoms with van der Waals surface area (Å²) in [6.07, 6.45) is 3.70. The number of nitrogens with zero attached hydrogens (tertiary/aromatic N) is 1. The molecule has 1 spiro atoms. The highest BCUT2D eigenvalue weighted by molar-refractivity contribution is 6.23. The number of rotatable bonds is 3. The number of amides is 1. The molecule has 2 fully saturated rings. The first kappa shape index (κ1) is 15.4. The van der Waals surface area contributed by atoms with Crippen LogP contribution in [-0.4, -0.2) is 11.9 Å². The maximum atomic E-state index is 12.9. The van der Waals surface area contributed by atoms with Crippen molar-refractivity contribution in [3.05, 3.63) is 77.4 Å². The number of hydrogen-bond donors (Lipinski definition) is 1. The van der Waals surface area contributed by atoms with Gasteiger partial charge in [-0.3, -0.25) is 4.79 Å². The number of carbonyl (C=O) groups is 1. The number of benzene rings is 2. The monoisotopic (exact) mass is 340 g/mol. The summed E-state index contributed by atoms with van der Waals surface area (Å²) in [7, 11) is 0. The van der Waals surface area contributed by atoms with Crippen molar-refractivity contribution >= 4 is 11.5 Å². The molecule has 0 aromatic heterocycles. The van der Waals surface area contributed by atoms with Crippen LogP contribution in [0.15, 0.2) is 66.2 Å². The molecule has 3 nitrogen and oxygen atoms in total. The van der Waals surface area contributed by atoms with Crippen LogP contribution in [0.4, 0.5) is 0 Å². The van der Waals surface area contributed by atoms with Crippen LogP contribution in [0, 0.1) is 22.2 Å². The van der Waals surface area contributed by atoms with E-state index in [2.05, 4.69) is 23.5 Å². The molecule has 5 rings (SSSR count). The highest BCUT2D eigenvalue weighted by atomic mass is 16.2. The molecular formula is C23H20N2O. The fourth-order valence-corrected chi connectivity index (χ4v) is 5.09. The predicted octanol–water partition coefficient (Wildman–Crippen LogP) is 3.88. The Hall–Kier alpha value is -2.86. The van der Waals surface area contributed by atoms with E-state index in [1.165, 1.54) is 5.57 Å². The second-order valence-corrected chi connectivity index (χ2v) is 7.95. The van der Waals surface area contributed by atoms with Gasteiger partial charge >= 0.3 is 0 Å². The Morgan fingerprint density at radius 1 is 1.04 bits per heavy atom. The molecule has 2 atom stereocenters. The van der Waals surface area contributed by atoms with Gasteiger partial charge in [0.1, 0.15) is 0 Å². The molecule has 1 aliphatic heterocycles. The summed E-state index contributed by atoms with van der Waals surface area (Å²) in [5.41, 5.74) is 3.64. The van der Waals surface area contributed by atoms with Crippen LogP contribution in [0.1, 0.15) is 30.4 Å². The smallest absolute Gasteiger partial charge is 0.252 e. The SMILES string of the molecule is N#CC1(Cc2ccccc2)CC2(CC2)C2=C(c3ccccc3)C(=O)NC21. The molecule has 2 unspecified atom stereocenters. The summed E-state index contributed by atoms with van der Waals surface area (Å²) in [6, 6.07) is 22.6. The van der Waals surface area contributed by atoms with E-state index in [4.69, 9.17) is 0 Å². The van der Waals surface area contributed by atoms with Crippen molar-refractivity contribution in [1.29, 1.82) is 5.26 Å². The predicted molar refractivity (Wildman–Crippen MR) is 99.8 cm³/mol. The van der Waals surface area contributed by atoms with Crippen molar-refractivity contribution in [3.8, 4) is 6.07 Å². The molecule has 1 heterocycles. The van der Waals surface area contributed by atoms with Crippen LogP contribution < -0.4 is 5.32 Å². The zero-order valence-electron chi connectivity index (χ0n) is 14.5. The van der Waals surface area contributed by atoms with Gasteiger partial charge in [0.05, 0.1) is 17.5 Å². The lowest BCUT2D eigenvalue weighted by molar-refractivity contribution is -0.115. The zero-order valence-corrected chi connectivity index (χ0v) is 14.5. The fraction of sp³-hybridized carbons (Fsp3) is 0.304. The van der Waals surface area contributed by atoms with Crippen LogP contribution >= 0.6 is 0 Å². The number of carbonyl (C=O) groups excluding carboxylic acids is 1. The highest BCUT2D eigenvalue weighted by Gasteiger charge is 2.66. The number of hydrogen-bond acceptors (Lipinski definition) is 2. The van der Waals surface area contributed by atoms with Crippen molar-refractivity contribution in [1.82, 2.24) is 5.32 Å². The first-order chi connectivity index (χ1) is 12.7. The van der Waals surface area contributed by atoms with Gasteiger partial charge in [0.15, 0.2) is 0 Å². The topological polar surface area (TPSA) is 52.9 Å². The van der Waals surface area contributed by atoms with Crippen molar-refractivity contribution in [3.63, 3.8) is 0 Å². The standard InChI is InChI=1S/C23H20N2O/c24-15-23(13-16-7-3-1-4-8-16)14-22(11-12-22)19-18(21(26)25-20(19)23)17-9-5-2-6-10-17/h1-10,20H,11-14H2,(H,25,26). The Labute approximate surface area is 153 Å². The molecule has 0 radical (unpaired) electrons. The van der Waals surface area contributed by atoms with Gasteiger partial charge in [0.25, 0.3) is 5.91 Å². The van der Waals surface area contributed by atoms with Gasteiger partial charge in [-0.05, 0) is 47.8 Å². The highest BCUT2D eigenvalue weighted by Crippen LogP contribution is 2.69. The Bertz CT molecular complexity index is 951. The third kappa shape index (κ3) is 2.08. The van der Waals surface area contributed by atoms with E-state index in [-0.39, 0.29) is 17.4 Å². The minimum atomic E-state index is -0.556. The van der Waals surface area contributed by atoms with E-state index < -0.39 is 5.41 Å². The lowest BCUT2D eigenvalue weighted by Crippen LogP contribution is -2.41. The van der Waals surface area contributed by atoms with Gasteiger partial charge in [0, 0.05) is 5.57 Å². The second-order valence-electron chi connectivity index (χ2n) is 7.95. The van der Waals surface area contributed by atoms with E-state index in [1.54, 1.807) is 0 Å². The van der Waals surface area contributed by atoms with E-state index in [1.807, 2.05) is 48.5 Å². The van der Waals surface area contributed by atoms with Gasteiger partial charge in [-0.2, -0.15) is 5.26 Å². The molecule has 2 aromatic rings. The maximum absolute atomic E-state index is 12.9. The second kappa shape index (κ2) is 5.32. The molecule has 26 heavy (non-hydrogen) atoms. The lowest BCUT2D eigenvalue weighted by Gasteiger charge is -2.27. The van der Waals surface area contributed by atoms with Crippen LogP contribution in [0.5, 0.6) is 0 Å². The van der Waals surface area contributed by atoms with E-state index in [9.17, 15) is 10.1 Å². The van der Waals surface area contributed by atoms with Crippen molar-refractivity contribution in [2.24, 2.45) is 10.8 Å². The lowest BCUT2D eigenvalue weighted by atomic mass is 9.77. The molecule has 0 saturated heterocycles. The summed E-state index contributed by atoms with van der Waals surface area (Å²) in [6.45, 7) is 0. The van der Waals surface area contributed by atoms with Gasteiger partial charge < -0.3 is 5.32 Å². The first-order valence-electron chi connectivity index (χ1n) is 9.24. The molecule has 3 heteroatoms. The Morgan fingerprint density at radius 2 is 1.69 bits per heavy atom. The number of nitriles is 1. The van der Waals surface area contributed by atoms with Gasteiger partial charge in [-0.15, -0.1) is 0 Å². The van der Waals surface area contributed by atoms with Gasteiger partial charge in [-0.1, -0.05) is 60.7 Å². The summed E-state index contributed by atoms with van der Waals surface area (Å²) in [5.74, 6) is -0.0186. The largest absolute Gasteiger partial charge is 0.344 e. The molecule has 1 N–H and O–H groups in total. The molecule has 3 aliphatic rings. The van der Waals surface area contributed by atoms with E-state index in [0.717, 1.165) is 36.0 Å². The fourth-order valence-electron chi connectivity index (χ4n) is 5.09. The summed E-state index contributed by atoms with van der Waals surface area (Å²) >= 11 is 0. The third-order valence-corrected chi connectivity index (χ3v) is 6.34. The zero-order chi connectivity index (χ0) is 17.8. The average molecular weight is 340 g/mol. The molecule has 1 amide bonds. The number of nitrogens with one attached hydrogen (secondary N) is 1. The van der Waals surface area contributed by atoms with E-state index in [0.29, 0.717) is 6.42 Å². The average Bonchev–Trinajstić information content (AvgIpc) is 3.29. The Kier molecular flexibility index (Phi) is 3.15. The Morgan fingerprint density at radius 3 is 2.31 bits per heavy atom. The van der Waals surface area contributed by atoms with Crippen molar-refractivity contribution < 1.29 is 4.79 Å². The van der Waals surface area contributed by atoms with Gasteiger partial charge in [0.2, 0.25) is 0 Å². The summed E-state index contributed by atoms with van der Waals surface area (Å²) in [4.78, 5) is 12.9.